The number of methoxy groups -OCH3 is 1. The SMILES string of the molecule is COc1ccc(C2=C3C(=O)c4c(NC(=O)NC5CCCCC5N)cccc4C3NN2)cc1. The van der Waals surface area contributed by atoms with Crippen molar-refractivity contribution in [3.63, 3.8) is 0 Å². The van der Waals surface area contributed by atoms with Crippen LogP contribution in [-0.4, -0.2) is 31.0 Å². The highest BCUT2D eigenvalue weighted by Gasteiger charge is 2.42. The van der Waals surface area contributed by atoms with Crippen LogP contribution in [0.15, 0.2) is 48.0 Å². The first-order valence-electron chi connectivity index (χ1n) is 11.0. The monoisotopic (exact) mass is 433 g/mol. The molecule has 32 heavy (non-hydrogen) atoms. The molecule has 8 heteroatoms. The summed E-state index contributed by atoms with van der Waals surface area (Å²) < 4.78 is 5.23. The van der Waals surface area contributed by atoms with Crippen LogP contribution in [0.3, 0.4) is 0 Å². The van der Waals surface area contributed by atoms with Crippen molar-refractivity contribution in [2.24, 2.45) is 5.73 Å². The zero-order valence-corrected chi connectivity index (χ0v) is 17.9. The summed E-state index contributed by atoms with van der Waals surface area (Å²) in [6, 6.07) is 12.4. The summed E-state index contributed by atoms with van der Waals surface area (Å²) in [6.45, 7) is 0. The second-order valence-corrected chi connectivity index (χ2v) is 8.47. The summed E-state index contributed by atoms with van der Waals surface area (Å²) in [7, 11) is 1.62. The molecule has 2 amide bonds. The van der Waals surface area contributed by atoms with E-state index in [1.165, 1.54) is 0 Å². The van der Waals surface area contributed by atoms with Crippen LogP contribution in [0.25, 0.3) is 5.70 Å². The third kappa shape index (κ3) is 3.51. The lowest BCUT2D eigenvalue weighted by molar-refractivity contribution is 0.103. The molecule has 2 aromatic carbocycles. The second kappa shape index (κ2) is 8.29. The Morgan fingerprint density at radius 3 is 2.66 bits per heavy atom. The standard InChI is InChI=1S/C24H27N5O3/c1-32-14-11-9-13(10-12-14)21-20-22(29-28-21)15-5-4-8-18(19(15)23(20)30)27-24(31)26-17-7-3-2-6-16(17)25/h4-5,8-12,16-17,22,28-29H,2-3,6-7,25H2,1H3,(H2,26,27,31). The minimum absolute atomic E-state index is 0.0375. The molecule has 5 rings (SSSR count). The molecule has 3 atom stereocenters. The highest BCUT2D eigenvalue weighted by atomic mass is 16.5. The Morgan fingerprint density at radius 1 is 1.12 bits per heavy atom. The number of hydrogen-bond donors (Lipinski definition) is 5. The minimum atomic E-state index is -0.332. The van der Waals surface area contributed by atoms with Crippen molar-refractivity contribution in [1.82, 2.24) is 16.2 Å². The average Bonchev–Trinajstić information content (AvgIpc) is 3.36. The van der Waals surface area contributed by atoms with Crippen LogP contribution in [0.1, 0.15) is 53.2 Å². The summed E-state index contributed by atoms with van der Waals surface area (Å²) >= 11 is 0. The number of Topliss-reactive ketones (excluding diaryl/α,β-unsaturated/α-hetero) is 1. The van der Waals surface area contributed by atoms with E-state index in [4.69, 9.17) is 10.5 Å². The van der Waals surface area contributed by atoms with Crippen molar-refractivity contribution in [3.8, 4) is 5.75 Å². The lowest BCUT2D eigenvalue weighted by Crippen LogP contribution is -2.50. The average molecular weight is 434 g/mol. The van der Waals surface area contributed by atoms with E-state index in [1.54, 1.807) is 13.2 Å². The summed E-state index contributed by atoms with van der Waals surface area (Å²) in [4.78, 5) is 26.2. The molecule has 0 aromatic heterocycles. The molecule has 6 N–H and O–H groups in total. The van der Waals surface area contributed by atoms with Crippen molar-refractivity contribution in [1.29, 1.82) is 0 Å². The van der Waals surface area contributed by atoms with Crippen LogP contribution in [-0.2, 0) is 0 Å². The zero-order chi connectivity index (χ0) is 22.2. The Labute approximate surface area is 186 Å². The van der Waals surface area contributed by atoms with E-state index in [9.17, 15) is 9.59 Å². The van der Waals surface area contributed by atoms with Gasteiger partial charge in [0, 0.05) is 17.7 Å². The lowest BCUT2D eigenvalue weighted by Gasteiger charge is -2.29. The van der Waals surface area contributed by atoms with Gasteiger partial charge in [-0.1, -0.05) is 25.0 Å². The van der Waals surface area contributed by atoms with Crippen molar-refractivity contribution >= 4 is 23.2 Å². The Bertz CT molecular complexity index is 1100. The summed E-state index contributed by atoms with van der Waals surface area (Å²) in [5.41, 5.74) is 16.7. The van der Waals surface area contributed by atoms with Gasteiger partial charge in [0.05, 0.1) is 30.1 Å². The number of benzene rings is 2. The highest BCUT2D eigenvalue weighted by molar-refractivity contribution is 6.22. The number of ether oxygens (including phenoxy) is 1. The number of hydrazine groups is 1. The number of fused-ring (bicyclic) bond motifs is 3. The molecular weight excluding hydrogens is 406 g/mol. The van der Waals surface area contributed by atoms with Crippen molar-refractivity contribution in [2.45, 2.75) is 43.8 Å². The number of anilines is 1. The largest absolute Gasteiger partial charge is 0.497 e. The number of nitrogens with one attached hydrogen (secondary N) is 4. The van der Waals surface area contributed by atoms with Gasteiger partial charge >= 0.3 is 6.03 Å². The lowest BCUT2D eigenvalue weighted by atomic mass is 9.91. The van der Waals surface area contributed by atoms with Gasteiger partial charge in [0.1, 0.15) is 5.75 Å². The van der Waals surface area contributed by atoms with Gasteiger partial charge in [-0.2, -0.15) is 0 Å². The van der Waals surface area contributed by atoms with Crippen LogP contribution in [0.5, 0.6) is 5.75 Å². The second-order valence-electron chi connectivity index (χ2n) is 8.47. The van der Waals surface area contributed by atoms with E-state index in [1.807, 2.05) is 36.4 Å². The zero-order valence-electron chi connectivity index (χ0n) is 17.9. The summed E-state index contributed by atoms with van der Waals surface area (Å²) in [5, 5.41) is 5.87. The van der Waals surface area contributed by atoms with Crippen LogP contribution in [0.4, 0.5) is 10.5 Å². The van der Waals surface area contributed by atoms with Gasteiger partial charge in [-0.25, -0.2) is 10.2 Å². The molecule has 0 saturated heterocycles. The number of carbonyl (C=O) groups is 2. The molecule has 2 aliphatic carbocycles. The fourth-order valence-electron chi connectivity index (χ4n) is 4.86. The molecule has 1 aliphatic heterocycles. The number of hydrogen-bond acceptors (Lipinski definition) is 6. The van der Waals surface area contributed by atoms with Gasteiger partial charge in [-0.05, 0) is 54.3 Å². The normalized spacial score (nSPS) is 23.9. The molecule has 1 heterocycles. The molecule has 0 bridgehead atoms. The van der Waals surface area contributed by atoms with Gasteiger partial charge in [0.2, 0.25) is 0 Å². The van der Waals surface area contributed by atoms with Crippen LogP contribution in [0, 0.1) is 0 Å². The molecule has 3 aliphatic rings. The molecule has 166 valence electrons. The Kier molecular flexibility index (Phi) is 5.32. The van der Waals surface area contributed by atoms with Crippen molar-refractivity contribution in [2.75, 3.05) is 12.4 Å². The Hall–Kier alpha value is -3.36. The fourth-order valence-corrected chi connectivity index (χ4v) is 4.86. The first kappa shape index (κ1) is 20.5. The maximum atomic E-state index is 13.5. The molecule has 8 nitrogen and oxygen atoms in total. The molecule has 2 aromatic rings. The number of ketones is 1. The molecule has 1 saturated carbocycles. The quantitative estimate of drug-likeness (QED) is 0.506. The van der Waals surface area contributed by atoms with Crippen molar-refractivity contribution < 1.29 is 14.3 Å². The molecule has 0 spiro atoms. The summed E-state index contributed by atoms with van der Waals surface area (Å²) in [6.07, 6.45) is 3.93. The summed E-state index contributed by atoms with van der Waals surface area (Å²) in [5.74, 6) is 0.650. The Balaban J connectivity index is 1.41. The van der Waals surface area contributed by atoms with Crippen LogP contribution < -0.4 is 32.0 Å². The minimum Gasteiger partial charge on any atom is -0.497 e. The molecule has 0 radical (unpaired) electrons. The predicted molar refractivity (Wildman–Crippen MR) is 122 cm³/mol. The maximum absolute atomic E-state index is 13.5. The van der Waals surface area contributed by atoms with Gasteiger partial charge < -0.3 is 26.5 Å². The van der Waals surface area contributed by atoms with Crippen molar-refractivity contribution in [3.05, 3.63) is 64.7 Å². The number of nitrogens with two attached hydrogens (primary N) is 1. The highest BCUT2D eigenvalue weighted by Crippen LogP contribution is 2.44. The maximum Gasteiger partial charge on any atom is 0.319 e. The van der Waals surface area contributed by atoms with Gasteiger partial charge in [0.15, 0.2) is 5.78 Å². The van der Waals surface area contributed by atoms with E-state index in [-0.39, 0.29) is 29.9 Å². The van der Waals surface area contributed by atoms with E-state index < -0.39 is 0 Å². The van der Waals surface area contributed by atoms with Gasteiger partial charge in [-0.15, -0.1) is 0 Å². The smallest absolute Gasteiger partial charge is 0.319 e. The molecule has 1 fully saturated rings. The van der Waals surface area contributed by atoms with E-state index >= 15 is 0 Å². The number of amides is 2. The van der Waals surface area contributed by atoms with Crippen LogP contribution >= 0.6 is 0 Å². The molecular formula is C24H27N5O3. The topological polar surface area (TPSA) is 118 Å². The number of carbonyl (C=O) groups excluding carboxylic acids is 2. The van der Waals surface area contributed by atoms with Gasteiger partial charge in [0.25, 0.3) is 0 Å². The van der Waals surface area contributed by atoms with Crippen LogP contribution in [0.2, 0.25) is 0 Å². The first-order valence-corrected chi connectivity index (χ1v) is 11.0. The fraction of sp³-hybridized carbons (Fsp3) is 0.333. The third-order valence-corrected chi connectivity index (χ3v) is 6.54. The molecule has 3 unspecified atom stereocenters. The van der Waals surface area contributed by atoms with E-state index in [2.05, 4.69) is 21.5 Å². The van der Waals surface area contributed by atoms with E-state index in [0.29, 0.717) is 16.8 Å². The Morgan fingerprint density at radius 2 is 1.91 bits per heavy atom. The first-order chi connectivity index (χ1) is 15.6. The number of rotatable bonds is 4. The van der Waals surface area contributed by atoms with Gasteiger partial charge in [-0.3, -0.25) is 4.79 Å². The van der Waals surface area contributed by atoms with E-state index in [0.717, 1.165) is 48.3 Å². The number of urea groups is 1. The third-order valence-electron chi connectivity index (χ3n) is 6.54. The predicted octanol–water partition coefficient (Wildman–Crippen LogP) is 2.84.